The molecule has 9 heteroatoms. The molecule has 112 valence electrons. The van der Waals surface area contributed by atoms with Gasteiger partial charge < -0.3 is 10.4 Å². The Hall–Kier alpha value is -1.09. The van der Waals surface area contributed by atoms with Crippen molar-refractivity contribution < 1.29 is 18.3 Å². The number of hydrogen-bond donors (Lipinski definition) is 2. The van der Waals surface area contributed by atoms with Gasteiger partial charge in [0.1, 0.15) is 11.0 Å². The molecule has 0 aromatic carbocycles. The lowest BCUT2D eigenvalue weighted by atomic mass is 9.77. The van der Waals surface area contributed by atoms with Crippen molar-refractivity contribution in [3.63, 3.8) is 0 Å². The number of aliphatic hydroxyl groups excluding tert-OH is 1. The molecule has 1 aromatic rings. The fourth-order valence-electron chi connectivity index (χ4n) is 2.05. The summed E-state index contributed by atoms with van der Waals surface area (Å²) in [7, 11) is 0. The summed E-state index contributed by atoms with van der Waals surface area (Å²) in [5.41, 5.74) is -1.07. The highest BCUT2D eigenvalue weighted by Crippen LogP contribution is 2.35. The molecule has 0 aliphatic heterocycles. The molecule has 0 spiro atoms. The first-order chi connectivity index (χ1) is 9.26. The van der Waals surface area contributed by atoms with Gasteiger partial charge in [0, 0.05) is 0 Å². The lowest BCUT2D eigenvalue weighted by Crippen LogP contribution is -2.48. The quantitative estimate of drug-likeness (QED) is 0.865. The molecule has 0 amide bonds. The number of nitrogens with one attached hydrogen (secondary N) is 1. The number of alkyl halides is 3. The minimum Gasteiger partial charge on any atom is -0.394 e. The molecule has 1 aliphatic carbocycles. The number of hydrogen-bond acceptors (Lipinski definition) is 4. The summed E-state index contributed by atoms with van der Waals surface area (Å²) in [5.74, 6) is 0. The molecular formula is C11H13BrF3N3O2. The van der Waals surface area contributed by atoms with Gasteiger partial charge in [-0.15, -0.1) is 0 Å². The van der Waals surface area contributed by atoms with E-state index in [4.69, 9.17) is 0 Å². The van der Waals surface area contributed by atoms with Gasteiger partial charge in [-0.1, -0.05) is 0 Å². The Morgan fingerprint density at radius 3 is 2.60 bits per heavy atom. The lowest BCUT2D eigenvalue weighted by molar-refractivity contribution is -0.143. The normalized spacial score (nSPS) is 17.6. The maximum absolute atomic E-state index is 12.3. The zero-order chi connectivity index (χ0) is 15.0. The van der Waals surface area contributed by atoms with E-state index in [2.05, 4.69) is 26.3 Å². The van der Waals surface area contributed by atoms with Gasteiger partial charge in [-0.25, -0.2) is 4.68 Å². The molecule has 2 N–H and O–H groups in total. The molecule has 1 aromatic heterocycles. The Bertz CT molecular complexity index is 549. The minimum absolute atomic E-state index is 0.0172. The van der Waals surface area contributed by atoms with E-state index in [9.17, 15) is 23.1 Å². The summed E-state index contributed by atoms with van der Waals surface area (Å²) in [6.07, 6.45) is -0.925. The summed E-state index contributed by atoms with van der Waals surface area (Å²) >= 11 is 2.99. The van der Waals surface area contributed by atoms with E-state index >= 15 is 0 Å². The molecule has 0 atom stereocenters. The van der Waals surface area contributed by atoms with Gasteiger partial charge in [-0.2, -0.15) is 18.3 Å². The van der Waals surface area contributed by atoms with Crippen LogP contribution in [-0.2, 0) is 6.54 Å². The summed E-state index contributed by atoms with van der Waals surface area (Å²) < 4.78 is 37.2. The predicted molar refractivity (Wildman–Crippen MR) is 69.5 cm³/mol. The van der Waals surface area contributed by atoms with Crippen molar-refractivity contribution in [2.45, 2.75) is 37.5 Å². The molecule has 1 aliphatic rings. The van der Waals surface area contributed by atoms with Gasteiger partial charge >= 0.3 is 6.18 Å². The predicted octanol–water partition coefficient (Wildman–Crippen LogP) is 1.90. The van der Waals surface area contributed by atoms with Crippen molar-refractivity contribution in [1.29, 1.82) is 0 Å². The van der Waals surface area contributed by atoms with Gasteiger partial charge in [0.15, 0.2) is 0 Å². The molecule has 5 nitrogen and oxygen atoms in total. The third-order valence-electron chi connectivity index (χ3n) is 3.33. The third-order valence-corrected chi connectivity index (χ3v) is 4.09. The van der Waals surface area contributed by atoms with Gasteiger partial charge in [0.25, 0.3) is 5.56 Å². The maximum Gasteiger partial charge on any atom is 0.408 e. The second-order valence-electron chi connectivity index (χ2n) is 4.87. The first-order valence-corrected chi connectivity index (χ1v) is 6.77. The Kier molecular flexibility index (Phi) is 4.10. The zero-order valence-electron chi connectivity index (χ0n) is 10.4. The number of aliphatic hydroxyl groups is 1. The summed E-state index contributed by atoms with van der Waals surface area (Å²) in [4.78, 5) is 11.8. The van der Waals surface area contributed by atoms with Crippen LogP contribution in [0.15, 0.2) is 15.5 Å². The topological polar surface area (TPSA) is 67.2 Å². The van der Waals surface area contributed by atoms with Crippen molar-refractivity contribution in [1.82, 2.24) is 9.78 Å². The van der Waals surface area contributed by atoms with E-state index in [0.717, 1.165) is 25.5 Å². The van der Waals surface area contributed by atoms with E-state index in [0.29, 0.717) is 10.4 Å². The van der Waals surface area contributed by atoms with Gasteiger partial charge in [-0.3, -0.25) is 4.79 Å². The summed E-state index contributed by atoms with van der Waals surface area (Å²) in [6, 6.07) is 0. The fraction of sp³-hybridized carbons (Fsp3) is 0.636. The average molecular weight is 356 g/mol. The molecule has 0 bridgehead atoms. The molecule has 0 radical (unpaired) electrons. The SMILES string of the molecule is O=c1c(Br)c(NC2(CO)CCC2)cnn1CC(F)(F)F. The number of rotatable bonds is 4. The number of nitrogens with zero attached hydrogens (tertiary/aromatic N) is 2. The lowest BCUT2D eigenvalue weighted by Gasteiger charge is -2.41. The first-order valence-electron chi connectivity index (χ1n) is 5.98. The maximum atomic E-state index is 12.3. The van der Waals surface area contributed by atoms with Crippen LogP contribution >= 0.6 is 15.9 Å². The number of aromatic nitrogens is 2. The molecule has 20 heavy (non-hydrogen) atoms. The fourth-order valence-corrected chi connectivity index (χ4v) is 2.45. The second kappa shape index (κ2) is 5.36. The minimum atomic E-state index is -4.51. The average Bonchev–Trinajstić information content (AvgIpc) is 2.31. The van der Waals surface area contributed by atoms with Crippen LogP contribution in [0.25, 0.3) is 0 Å². The van der Waals surface area contributed by atoms with Crippen molar-refractivity contribution in [3.05, 3.63) is 21.0 Å². The van der Waals surface area contributed by atoms with Crippen molar-refractivity contribution in [2.24, 2.45) is 0 Å². The van der Waals surface area contributed by atoms with Crippen LogP contribution in [0.3, 0.4) is 0 Å². The zero-order valence-corrected chi connectivity index (χ0v) is 12.0. The largest absolute Gasteiger partial charge is 0.408 e. The van der Waals surface area contributed by atoms with Gasteiger partial charge in [0.05, 0.1) is 24.0 Å². The van der Waals surface area contributed by atoms with Crippen molar-refractivity contribution in [3.8, 4) is 0 Å². The Morgan fingerprint density at radius 2 is 2.15 bits per heavy atom. The molecule has 2 rings (SSSR count). The van der Waals surface area contributed by atoms with E-state index in [1.54, 1.807) is 0 Å². The molecule has 1 saturated carbocycles. The van der Waals surface area contributed by atoms with Crippen LogP contribution in [0.2, 0.25) is 0 Å². The monoisotopic (exact) mass is 355 g/mol. The van der Waals surface area contributed by atoms with Crippen LogP contribution in [0, 0.1) is 0 Å². The highest BCUT2D eigenvalue weighted by Gasteiger charge is 2.37. The van der Waals surface area contributed by atoms with E-state index < -0.39 is 23.8 Å². The summed E-state index contributed by atoms with van der Waals surface area (Å²) in [6.45, 7) is -1.54. The molecule has 1 heterocycles. The van der Waals surface area contributed by atoms with Crippen LogP contribution in [0.4, 0.5) is 18.9 Å². The van der Waals surface area contributed by atoms with Gasteiger partial charge in [-0.05, 0) is 35.2 Å². The molecular weight excluding hydrogens is 343 g/mol. The first kappa shape index (κ1) is 15.3. The van der Waals surface area contributed by atoms with Crippen LogP contribution in [0.5, 0.6) is 0 Å². The van der Waals surface area contributed by atoms with Gasteiger partial charge in [0.2, 0.25) is 0 Å². The smallest absolute Gasteiger partial charge is 0.394 e. The Morgan fingerprint density at radius 1 is 1.50 bits per heavy atom. The van der Waals surface area contributed by atoms with Crippen LogP contribution < -0.4 is 10.9 Å². The Balaban J connectivity index is 2.25. The third kappa shape index (κ3) is 3.14. The number of anilines is 1. The second-order valence-corrected chi connectivity index (χ2v) is 5.66. The number of halogens is 4. The van der Waals surface area contributed by atoms with E-state index in [-0.39, 0.29) is 11.1 Å². The molecule has 1 fully saturated rings. The van der Waals surface area contributed by atoms with E-state index in [1.807, 2.05) is 0 Å². The van der Waals surface area contributed by atoms with Crippen molar-refractivity contribution >= 4 is 21.6 Å². The standard InChI is InChI=1S/C11H13BrF3N3O2/c12-8-7(17-10(6-19)2-1-3-10)4-16-18(9(8)20)5-11(13,14)15/h4,17,19H,1-3,5-6H2. The highest BCUT2D eigenvalue weighted by atomic mass is 79.9. The Labute approximate surface area is 120 Å². The molecule has 0 saturated heterocycles. The van der Waals surface area contributed by atoms with Crippen molar-refractivity contribution in [2.75, 3.05) is 11.9 Å². The van der Waals surface area contributed by atoms with Crippen LogP contribution in [-0.4, -0.2) is 33.2 Å². The molecule has 0 unspecified atom stereocenters. The summed E-state index contributed by atoms with van der Waals surface area (Å²) in [5, 5.41) is 15.8. The van der Waals surface area contributed by atoms with E-state index in [1.165, 1.54) is 0 Å². The van der Waals surface area contributed by atoms with Crippen LogP contribution in [0.1, 0.15) is 19.3 Å². The highest BCUT2D eigenvalue weighted by molar-refractivity contribution is 9.10.